The van der Waals surface area contributed by atoms with E-state index in [0.717, 1.165) is 19.1 Å². The molecule has 1 N–H and O–H groups in total. The van der Waals surface area contributed by atoms with Gasteiger partial charge in [0.1, 0.15) is 0 Å². The first kappa shape index (κ1) is 14.1. The van der Waals surface area contributed by atoms with Crippen molar-refractivity contribution < 1.29 is 0 Å². The molecular weight excluding hydrogens is 246 g/mol. The molecule has 2 unspecified atom stereocenters. The summed E-state index contributed by atoms with van der Waals surface area (Å²) in [5, 5.41) is 3.72. The molecule has 2 aliphatic rings. The Morgan fingerprint density at radius 2 is 1.90 bits per heavy atom. The minimum atomic E-state index is 0.492. The van der Waals surface area contributed by atoms with Gasteiger partial charge in [0.25, 0.3) is 0 Å². The first-order valence-corrected chi connectivity index (χ1v) is 8.04. The molecule has 0 aromatic heterocycles. The van der Waals surface area contributed by atoms with Crippen LogP contribution in [-0.4, -0.2) is 55.6 Å². The van der Waals surface area contributed by atoms with E-state index in [-0.39, 0.29) is 0 Å². The van der Waals surface area contributed by atoms with Crippen LogP contribution < -0.4 is 5.32 Å². The molecule has 3 nitrogen and oxygen atoms in total. The molecular formula is C17H27N3. The van der Waals surface area contributed by atoms with E-state index in [1.807, 2.05) is 0 Å². The van der Waals surface area contributed by atoms with Crippen LogP contribution in [0.5, 0.6) is 0 Å². The Morgan fingerprint density at radius 3 is 2.70 bits per heavy atom. The van der Waals surface area contributed by atoms with Crippen LogP contribution in [0.2, 0.25) is 0 Å². The van der Waals surface area contributed by atoms with Crippen molar-refractivity contribution in [2.75, 3.05) is 39.8 Å². The van der Waals surface area contributed by atoms with Gasteiger partial charge in [-0.05, 0) is 51.5 Å². The van der Waals surface area contributed by atoms with Gasteiger partial charge < -0.3 is 10.2 Å². The standard InChI is InChI=1S/C17H27N3/c1-19-11-5-9-16(13-19)20-12-6-10-18-17(14-20)15-7-3-2-4-8-15/h2-4,7-8,16-18H,5-6,9-14H2,1H3. The van der Waals surface area contributed by atoms with E-state index in [1.54, 1.807) is 0 Å². The van der Waals surface area contributed by atoms with E-state index in [0.29, 0.717) is 6.04 Å². The summed E-state index contributed by atoms with van der Waals surface area (Å²) in [6.45, 7) is 6.04. The zero-order valence-electron chi connectivity index (χ0n) is 12.6. The molecule has 3 rings (SSSR count). The minimum Gasteiger partial charge on any atom is -0.309 e. The van der Waals surface area contributed by atoms with Crippen LogP contribution in [0.3, 0.4) is 0 Å². The molecule has 0 spiro atoms. The van der Waals surface area contributed by atoms with Gasteiger partial charge in [0, 0.05) is 25.2 Å². The lowest BCUT2D eigenvalue weighted by Crippen LogP contribution is -2.48. The fourth-order valence-corrected chi connectivity index (χ4v) is 3.63. The second-order valence-electron chi connectivity index (χ2n) is 6.32. The summed E-state index contributed by atoms with van der Waals surface area (Å²) >= 11 is 0. The molecule has 3 heteroatoms. The summed E-state index contributed by atoms with van der Waals surface area (Å²) in [4.78, 5) is 5.22. The number of likely N-dealkylation sites (N-methyl/N-ethyl adjacent to an activating group) is 1. The van der Waals surface area contributed by atoms with E-state index in [9.17, 15) is 0 Å². The van der Waals surface area contributed by atoms with Gasteiger partial charge in [0.2, 0.25) is 0 Å². The number of nitrogens with one attached hydrogen (secondary N) is 1. The molecule has 2 saturated heterocycles. The Hall–Kier alpha value is -0.900. The van der Waals surface area contributed by atoms with Crippen molar-refractivity contribution in [2.45, 2.75) is 31.3 Å². The largest absolute Gasteiger partial charge is 0.309 e. The van der Waals surface area contributed by atoms with Crippen LogP contribution in [-0.2, 0) is 0 Å². The lowest BCUT2D eigenvalue weighted by atomic mass is 10.0. The van der Waals surface area contributed by atoms with Crippen LogP contribution in [0, 0.1) is 0 Å². The molecule has 0 radical (unpaired) electrons. The quantitative estimate of drug-likeness (QED) is 0.890. The molecule has 20 heavy (non-hydrogen) atoms. The average molecular weight is 273 g/mol. The van der Waals surface area contributed by atoms with Crippen molar-refractivity contribution in [1.82, 2.24) is 15.1 Å². The highest BCUT2D eigenvalue weighted by Crippen LogP contribution is 2.22. The van der Waals surface area contributed by atoms with Crippen molar-refractivity contribution >= 4 is 0 Å². The second-order valence-corrected chi connectivity index (χ2v) is 6.32. The first-order chi connectivity index (χ1) is 9.83. The minimum absolute atomic E-state index is 0.492. The summed E-state index contributed by atoms with van der Waals surface area (Å²) in [6.07, 6.45) is 3.98. The third-order valence-corrected chi connectivity index (χ3v) is 4.75. The van der Waals surface area contributed by atoms with Crippen molar-refractivity contribution in [2.24, 2.45) is 0 Å². The maximum atomic E-state index is 3.72. The number of hydrogen-bond donors (Lipinski definition) is 1. The molecule has 2 fully saturated rings. The first-order valence-electron chi connectivity index (χ1n) is 8.04. The third-order valence-electron chi connectivity index (χ3n) is 4.75. The monoisotopic (exact) mass is 273 g/mol. The highest BCUT2D eigenvalue weighted by molar-refractivity contribution is 5.19. The van der Waals surface area contributed by atoms with Gasteiger partial charge in [-0.25, -0.2) is 0 Å². The summed E-state index contributed by atoms with van der Waals surface area (Å²) in [6, 6.07) is 12.2. The van der Waals surface area contributed by atoms with Gasteiger partial charge >= 0.3 is 0 Å². The molecule has 2 heterocycles. The van der Waals surface area contributed by atoms with Crippen LogP contribution in [0.4, 0.5) is 0 Å². The molecule has 2 atom stereocenters. The Labute approximate surface area is 123 Å². The number of piperidine rings is 1. The lowest BCUT2D eigenvalue weighted by Gasteiger charge is -2.38. The predicted octanol–water partition coefficient (Wildman–Crippen LogP) is 2.12. The molecule has 0 aliphatic carbocycles. The van der Waals surface area contributed by atoms with E-state index in [2.05, 4.69) is 52.5 Å². The second kappa shape index (κ2) is 6.70. The van der Waals surface area contributed by atoms with Gasteiger partial charge in [0.15, 0.2) is 0 Å². The topological polar surface area (TPSA) is 18.5 Å². The Bertz CT molecular complexity index is 406. The zero-order valence-corrected chi connectivity index (χ0v) is 12.6. The molecule has 110 valence electrons. The van der Waals surface area contributed by atoms with Gasteiger partial charge in [-0.1, -0.05) is 30.3 Å². The summed E-state index contributed by atoms with van der Waals surface area (Å²) in [5.41, 5.74) is 1.43. The van der Waals surface area contributed by atoms with Gasteiger partial charge in [-0.15, -0.1) is 0 Å². The highest BCUT2D eigenvalue weighted by Gasteiger charge is 2.27. The molecule has 1 aromatic rings. The lowest BCUT2D eigenvalue weighted by molar-refractivity contribution is 0.110. The normalized spacial score (nSPS) is 30.1. The zero-order chi connectivity index (χ0) is 13.8. The van der Waals surface area contributed by atoms with E-state index < -0.39 is 0 Å². The smallest absolute Gasteiger partial charge is 0.0449 e. The van der Waals surface area contributed by atoms with Crippen molar-refractivity contribution in [3.8, 4) is 0 Å². The average Bonchev–Trinajstić information content (AvgIpc) is 2.74. The van der Waals surface area contributed by atoms with Crippen LogP contribution in [0.25, 0.3) is 0 Å². The fraction of sp³-hybridized carbons (Fsp3) is 0.647. The molecule has 0 amide bonds. The van der Waals surface area contributed by atoms with Crippen molar-refractivity contribution in [3.05, 3.63) is 35.9 Å². The number of hydrogen-bond acceptors (Lipinski definition) is 3. The molecule has 0 bridgehead atoms. The highest BCUT2D eigenvalue weighted by atomic mass is 15.2. The summed E-state index contributed by atoms with van der Waals surface area (Å²) in [5.74, 6) is 0. The SMILES string of the molecule is CN1CCCC(N2CCCNC(c3ccccc3)C2)C1. The van der Waals surface area contributed by atoms with Crippen molar-refractivity contribution in [3.63, 3.8) is 0 Å². The Kier molecular flexibility index (Phi) is 4.71. The Balaban J connectivity index is 1.69. The number of likely N-dealkylation sites (tertiary alicyclic amines) is 1. The molecule has 2 aliphatic heterocycles. The van der Waals surface area contributed by atoms with Gasteiger partial charge in [0.05, 0.1) is 0 Å². The Morgan fingerprint density at radius 1 is 1.05 bits per heavy atom. The van der Waals surface area contributed by atoms with Crippen molar-refractivity contribution in [1.29, 1.82) is 0 Å². The fourth-order valence-electron chi connectivity index (χ4n) is 3.63. The summed E-state index contributed by atoms with van der Waals surface area (Å²) < 4.78 is 0. The third kappa shape index (κ3) is 3.40. The maximum Gasteiger partial charge on any atom is 0.0449 e. The van der Waals surface area contributed by atoms with Crippen LogP contribution >= 0.6 is 0 Å². The van der Waals surface area contributed by atoms with Crippen LogP contribution in [0.1, 0.15) is 30.9 Å². The van der Waals surface area contributed by atoms with E-state index >= 15 is 0 Å². The molecule has 1 aromatic carbocycles. The summed E-state index contributed by atoms with van der Waals surface area (Å²) in [7, 11) is 2.26. The van der Waals surface area contributed by atoms with Gasteiger partial charge in [-0.2, -0.15) is 0 Å². The number of benzene rings is 1. The van der Waals surface area contributed by atoms with Gasteiger partial charge in [-0.3, -0.25) is 4.90 Å². The van der Waals surface area contributed by atoms with Crippen LogP contribution in [0.15, 0.2) is 30.3 Å². The maximum absolute atomic E-state index is 3.72. The predicted molar refractivity (Wildman–Crippen MR) is 83.9 cm³/mol. The van der Waals surface area contributed by atoms with E-state index in [4.69, 9.17) is 0 Å². The number of rotatable bonds is 2. The molecule has 0 saturated carbocycles. The number of nitrogens with zero attached hydrogens (tertiary/aromatic N) is 2. The van der Waals surface area contributed by atoms with E-state index in [1.165, 1.54) is 44.5 Å².